The van der Waals surface area contributed by atoms with Gasteiger partial charge in [0.15, 0.2) is 0 Å². The van der Waals surface area contributed by atoms with Crippen LogP contribution in [-0.2, 0) is 4.79 Å². The summed E-state index contributed by atoms with van der Waals surface area (Å²) in [6, 6.07) is 2.72. The molecule has 0 aliphatic heterocycles. The van der Waals surface area contributed by atoms with Crippen LogP contribution in [0.25, 0.3) is 0 Å². The lowest BCUT2D eigenvalue weighted by Crippen LogP contribution is -2.28. The molecule has 7 heteroatoms. The molecule has 0 aliphatic rings. The van der Waals surface area contributed by atoms with E-state index in [1.807, 2.05) is 0 Å². The predicted octanol–water partition coefficient (Wildman–Crippen LogP) is 0.973. The predicted molar refractivity (Wildman–Crippen MR) is 72.6 cm³/mol. The average Bonchev–Trinajstić information content (AvgIpc) is 2.43. The Morgan fingerprint density at radius 2 is 1.81 bits per heavy atom. The molecule has 0 aliphatic carbocycles. The van der Waals surface area contributed by atoms with Crippen molar-refractivity contribution < 1.29 is 23.5 Å². The second-order valence-electron chi connectivity index (χ2n) is 4.41. The first-order valence-electron chi connectivity index (χ1n) is 6.65. The molecule has 0 fully saturated rings. The van der Waals surface area contributed by atoms with Gasteiger partial charge in [-0.15, -0.1) is 0 Å². The average molecular weight is 300 g/mol. The molecule has 0 unspecified atom stereocenters. The van der Waals surface area contributed by atoms with Crippen molar-refractivity contribution in [3.8, 4) is 0 Å². The maximum atomic E-state index is 13.3. The maximum absolute atomic E-state index is 13.3. The highest BCUT2D eigenvalue weighted by molar-refractivity contribution is 5.94. The fourth-order valence-electron chi connectivity index (χ4n) is 1.61. The number of carbonyl (C=O) groups is 2. The summed E-state index contributed by atoms with van der Waals surface area (Å²) >= 11 is 0. The molecule has 1 aromatic rings. The fraction of sp³-hybridized carbons (Fsp3) is 0.429. The van der Waals surface area contributed by atoms with Crippen LogP contribution in [0.4, 0.5) is 8.78 Å². The second kappa shape index (κ2) is 9.02. The van der Waals surface area contributed by atoms with Crippen LogP contribution in [0.5, 0.6) is 0 Å². The standard InChI is InChI=1S/C14H18F2N2O3/c15-10-4-5-11(12(16)9-10)14(21)18-6-1-3-13(20)17-7-2-8-19/h4-5,9,19H,1-3,6-8H2,(H,17,20)(H,18,21). The van der Waals surface area contributed by atoms with Gasteiger partial charge in [0.05, 0.1) is 5.56 Å². The highest BCUT2D eigenvalue weighted by atomic mass is 19.1. The first-order valence-corrected chi connectivity index (χ1v) is 6.65. The Bertz CT molecular complexity index is 495. The highest BCUT2D eigenvalue weighted by Crippen LogP contribution is 2.09. The molecule has 21 heavy (non-hydrogen) atoms. The third kappa shape index (κ3) is 6.31. The number of aliphatic hydroxyl groups excluding tert-OH is 1. The monoisotopic (exact) mass is 300 g/mol. The minimum absolute atomic E-state index is 0.0135. The van der Waals surface area contributed by atoms with Gasteiger partial charge in [0, 0.05) is 32.2 Å². The van der Waals surface area contributed by atoms with Crippen LogP contribution < -0.4 is 10.6 Å². The van der Waals surface area contributed by atoms with Crippen molar-refractivity contribution in [3.63, 3.8) is 0 Å². The Hall–Kier alpha value is -2.02. The quantitative estimate of drug-likeness (QED) is 0.626. The van der Waals surface area contributed by atoms with Crippen molar-refractivity contribution in [1.29, 1.82) is 0 Å². The molecular weight excluding hydrogens is 282 g/mol. The number of benzene rings is 1. The normalized spacial score (nSPS) is 10.2. The Labute approximate surface area is 121 Å². The third-order valence-corrected chi connectivity index (χ3v) is 2.70. The molecule has 1 rings (SSSR count). The van der Waals surface area contributed by atoms with Crippen molar-refractivity contribution in [3.05, 3.63) is 35.4 Å². The molecule has 0 bridgehead atoms. The van der Waals surface area contributed by atoms with E-state index >= 15 is 0 Å². The number of hydrogen-bond acceptors (Lipinski definition) is 3. The number of carbonyl (C=O) groups excluding carboxylic acids is 2. The van der Waals surface area contributed by atoms with E-state index in [2.05, 4.69) is 10.6 Å². The molecule has 3 N–H and O–H groups in total. The van der Waals surface area contributed by atoms with E-state index in [1.165, 1.54) is 0 Å². The van der Waals surface area contributed by atoms with Gasteiger partial charge >= 0.3 is 0 Å². The summed E-state index contributed by atoms with van der Waals surface area (Å²) in [5, 5.41) is 13.6. The Balaban J connectivity index is 2.26. The van der Waals surface area contributed by atoms with Crippen LogP contribution in [0, 0.1) is 11.6 Å². The van der Waals surface area contributed by atoms with E-state index in [0.717, 1.165) is 12.1 Å². The van der Waals surface area contributed by atoms with E-state index in [0.29, 0.717) is 25.5 Å². The minimum Gasteiger partial charge on any atom is -0.396 e. The number of rotatable bonds is 8. The Morgan fingerprint density at radius 1 is 1.10 bits per heavy atom. The van der Waals surface area contributed by atoms with Gasteiger partial charge in [0.25, 0.3) is 5.91 Å². The van der Waals surface area contributed by atoms with Gasteiger partial charge in [-0.05, 0) is 25.0 Å². The lowest BCUT2D eigenvalue weighted by atomic mass is 10.2. The SMILES string of the molecule is O=C(CCCNC(=O)c1ccc(F)cc1F)NCCCO. The summed E-state index contributed by atoms with van der Waals surface area (Å²) in [4.78, 5) is 22.9. The van der Waals surface area contributed by atoms with Gasteiger partial charge < -0.3 is 15.7 Å². The third-order valence-electron chi connectivity index (χ3n) is 2.70. The van der Waals surface area contributed by atoms with Crippen molar-refractivity contribution >= 4 is 11.8 Å². The van der Waals surface area contributed by atoms with Crippen LogP contribution in [0.2, 0.25) is 0 Å². The van der Waals surface area contributed by atoms with E-state index in [-0.39, 0.29) is 31.0 Å². The van der Waals surface area contributed by atoms with Gasteiger partial charge in [-0.1, -0.05) is 0 Å². The second-order valence-corrected chi connectivity index (χ2v) is 4.41. The van der Waals surface area contributed by atoms with Gasteiger partial charge in [0.2, 0.25) is 5.91 Å². The summed E-state index contributed by atoms with van der Waals surface area (Å²) in [6.07, 6.45) is 1.11. The number of aliphatic hydroxyl groups is 1. The van der Waals surface area contributed by atoms with Gasteiger partial charge in [-0.25, -0.2) is 8.78 Å². The van der Waals surface area contributed by atoms with E-state index < -0.39 is 17.5 Å². The van der Waals surface area contributed by atoms with E-state index in [4.69, 9.17) is 5.11 Å². The largest absolute Gasteiger partial charge is 0.396 e. The van der Waals surface area contributed by atoms with Crippen LogP contribution in [0.3, 0.4) is 0 Å². The molecular formula is C14H18F2N2O3. The molecule has 0 radical (unpaired) electrons. The van der Waals surface area contributed by atoms with E-state index in [1.54, 1.807) is 0 Å². The first kappa shape index (κ1) is 17.0. The Kier molecular flexibility index (Phi) is 7.31. The molecule has 0 atom stereocenters. The van der Waals surface area contributed by atoms with Crippen LogP contribution in [-0.4, -0.2) is 36.6 Å². The molecule has 5 nitrogen and oxygen atoms in total. The number of hydrogen-bond donors (Lipinski definition) is 3. The van der Waals surface area contributed by atoms with Gasteiger partial charge in [-0.2, -0.15) is 0 Å². The van der Waals surface area contributed by atoms with E-state index in [9.17, 15) is 18.4 Å². The van der Waals surface area contributed by atoms with Crippen molar-refractivity contribution in [2.75, 3.05) is 19.7 Å². The molecule has 116 valence electrons. The van der Waals surface area contributed by atoms with Crippen LogP contribution >= 0.6 is 0 Å². The molecule has 0 heterocycles. The molecule has 0 aromatic heterocycles. The highest BCUT2D eigenvalue weighted by Gasteiger charge is 2.11. The Morgan fingerprint density at radius 3 is 2.48 bits per heavy atom. The topological polar surface area (TPSA) is 78.4 Å². The maximum Gasteiger partial charge on any atom is 0.254 e. The van der Waals surface area contributed by atoms with Crippen molar-refractivity contribution in [1.82, 2.24) is 10.6 Å². The molecule has 0 saturated heterocycles. The van der Waals surface area contributed by atoms with Crippen molar-refractivity contribution in [2.24, 2.45) is 0 Å². The summed E-state index contributed by atoms with van der Waals surface area (Å²) in [5.74, 6) is -2.49. The lowest BCUT2D eigenvalue weighted by Gasteiger charge is -2.07. The molecule has 0 spiro atoms. The zero-order valence-corrected chi connectivity index (χ0v) is 11.5. The first-order chi connectivity index (χ1) is 10.0. The zero-order valence-electron chi connectivity index (χ0n) is 11.5. The van der Waals surface area contributed by atoms with Crippen LogP contribution in [0.15, 0.2) is 18.2 Å². The summed E-state index contributed by atoms with van der Waals surface area (Å²) in [7, 11) is 0. The lowest BCUT2D eigenvalue weighted by molar-refractivity contribution is -0.121. The van der Waals surface area contributed by atoms with Gasteiger partial charge in [-0.3, -0.25) is 9.59 Å². The van der Waals surface area contributed by atoms with Crippen molar-refractivity contribution in [2.45, 2.75) is 19.3 Å². The smallest absolute Gasteiger partial charge is 0.254 e. The number of halogens is 2. The molecule has 1 aromatic carbocycles. The summed E-state index contributed by atoms with van der Waals surface area (Å²) in [6.45, 7) is 0.630. The summed E-state index contributed by atoms with van der Waals surface area (Å²) in [5.41, 5.74) is -0.233. The zero-order chi connectivity index (χ0) is 15.7. The molecule has 2 amide bonds. The minimum atomic E-state index is -0.922. The number of amides is 2. The number of nitrogens with one attached hydrogen (secondary N) is 2. The molecule has 0 saturated carbocycles. The van der Waals surface area contributed by atoms with Crippen LogP contribution in [0.1, 0.15) is 29.6 Å². The summed E-state index contributed by atoms with van der Waals surface area (Å²) < 4.78 is 26.0. The van der Waals surface area contributed by atoms with Gasteiger partial charge in [0.1, 0.15) is 11.6 Å². The fourth-order valence-corrected chi connectivity index (χ4v) is 1.61.